The second-order valence-corrected chi connectivity index (χ2v) is 5.06. The molecule has 1 aromatic carbocycles. The number of ether oxygens (including phenoxy) is 1. The van der Waals surface area contributed by atoms with E-state index in [2.05, 4.69) is 10.6 Å². The summed E-state index contributed by atoms with van der Waals surface area (Å²) >= 11 is 0. The first-order valence-corrected chi connectivity index (χ1v) is 6.82. The highest BCUT2D eigenvalue weighted by molar-refractivity contribution is 5.98. The van der Waals surface area contributed by atoms with Crippen molar-refractivity contribution in [2.45, 2.75) is 32.4 Å². The minimum atomic E-state index is -0.630. The summed E-state index contributed by atoms with van der Waals surface area (Å²) < 4.78 is 4.86. The van der Waals surface area contributed by atoms with E-state index in [0.29, 0.717) is 5.69 Å². The SMILES string of the molecule is CC[C@H](C)[C@@H]1NC(C(=O)OC)c2ccccc2NC1=O. The van der Waals surface area contributed by atoms with Gasteiger partial charge in [0.25, 0.3) is 0 Å². The number of carbonyl (C=O) groups excluding carboxylic acids is 2. The van der Waals surface area contributed by atoms with Gasteiger partial charge >= 0.3 is 5.97 Å². The summed E-state index contributed by atoms with van der Waals surface area (Å²) in [6.07, 6.45) is 0.843. The van der Waals surface area contributed by atoms with E-state index in [1.54, 1.807) is 6.07 Å². The summed E-state index contributed by atoms with van der Waals surface area (Å²) in [6, 6.07) is 6.24. The van der Waals surface area contributed by atoms with Crippen molar-refractivity contribution >= 4 is 17.6 Å². The van der Waals surface area contributed by atoms with Gasteiger partial charge in [-0.15, -0.1) is 0 Å². The first-order chi connectivity index (χ1) is 9.58. The van der Waals surface area contributed by atoms with Gasteiger partial charge in [-0.2, -0.15) is 0 Å². The maximum Gasteiger partial charge on any atom is 0.327 e. The fourth-order valence-corrected chi connectivity index (χ4v) is 2.39. The zero-order valence-corrected chi connectivity index (χ0v) is 12.0. The minimum Gasteiger partial charge on any atom is -0.468 e. The number of esters is 1. The molecule has 0 fully saturated rings. The Bertz CT molecular complexity index is 516. The molecule has 1 heterocycles. The Morgan fingerprint density at radius 1 is 1.40 bits per heavy atom. The number of hydrogen-bond acceptors (Lipinski definition) is 4. The van der Waals surface area contributed by atoms with Crippen molar-refractivity contribution in [2.24, 2.45) is 5.92 Å². The molecule has 108 valence electrons. The maximum atomic E-state index is 12.3. The fraction of sp³-hybridized carbons (Fsp3) is 0.467. The first kappa shape index (κ1) is 14.5. The predicted molar refractivity (Wildman–Crippen MR) is 76.2 cm³/mol. The zero-order valence-electron chi connectivity index (χ0n) is 12.0. The van der Waals surface area contributed by atoms with Crippen molar-refractivity contribution in [2.75, 3.05) is 12.4 Å². The normalized spacial score (nSPS) is 23.2. The lowest BCUT2D eigenvalue weighted by atomic mass is 9.97. The van der Waals surface area contributed by atoms with Gasteiger partial charge in [0.1, 0.15) is 6.04 Å². The van der Waals surface area contributed by atoms with Gasteiger partial charge in [-0.25, -0.2) is 4.79 Å². The molecule has 2 rings (SSSR count). The predicted octanol–water partition coefficient (Wildman–Crippen LogP) is 1.86. The summed E-state index contributed by atoms with van der Waals surface area (Å²) in [4.78, 5) is 24.3. The van der Waals surface area contributed by atoms with Gasteiger partial charge in [0.2, 0.25) is 5.91 Å². The molecule has 2 N–H and O–H groups in total. The summed E-state index contributed by atoms with van der Waals surface area (Å²) in [5.74, 6) is -0.378. The van der Waals surface area contributed by atoms with E-state index in [-0.39, 0.29) is 17.8 Å². The van der Waals surface area contributed by atoms with E-state index in [1.165, 1.54) is 7.11 Å². The molecule has 1 unspecified atom stereocenters. The molecule has 1 amide bonds. The van der Waals surface area contributed by atoms with Crippen LogP contribution in [0.25, 0.3) is 0 Å². The highest BCUT2D eigenvalue weighted by Crippen LogP contribution is 2.29. The molecule has 1 aliphatic rings. The van der Waals surface area contributed by atoms with Crippen LogP contribution in [0.5, 0.6) is 0 Å². The summed E-state index contributed by atoms with van der Waals surface area (Å²) in [6.45, 7) is 4.01. The van der Waals surface area contributed by atoms with Crippen LogP contribution in [0.15, 0.2) is 24.3 Å². The number of rotatable bonds is 3. The molecule has 0 radical (unpaired) electrons. The van der Waals surface area contributed by atoms with Crippen LogP contribution in [0.2, 0.25) is 0 Å². The van der Waals surface area contributed by atoms with E-state index in [0.717, 1.165) is 12.0 Å². The van der Waals surface area contributed by atoms with Crippen LogP contribution in [0.3, 0.4) is 0 Å². The van der Waals surface area contributed by atoms with Gasteiger partial charge in [-0.05, 0) is 12.0 Å². The van der Waals surface area contributed by atoms with Gasteiger partial charge in [0, 0.05) is 11.3 Å². The van der Waals surface area contributed by atoms with Crippen LogP contribution in [0.1, 0.15) is 31.9 Å². The lowest BCUT2D eigenvalue weighted by Crippen LogP contribution is -2.46. The van der Waals surface area contributed by atoms with Crippen molar-refractivity contribution in [1.29, 1.82) is 0 Å². The second kappa shape index (κ2) is 6.05. The molecule has 0 saturated carbocycles. The van der Waals surface area contributed by atoms with Crippen LogP contribution in [-0.4, -0.2) is 25.0 Å². The Balaban J connectivity index is 2.42. The molecule has 20 heavy (non-hydrogen) atoms. The number of hydrogen-bond donors (Lipinski definition) is 2. The molecule has 0 aliphatic carbocycles. The van der Waals surface area contributed by atoms with Crippen LogP contribution >= 0.6 is 0 Å². The third-order valence-corrected chi connectivity index (χ3v) is 3.81. The quantitative estimate of drug-likeness (QED) is 0.827. The van der Waals surface area contributed by atoms with Crippen molar-refractivity contribution in [3.8, 4) is 0 Å². The molecule has 5 heteroatoms. The standard InChI is InChI=1S/C15H20N2O3/c1-4-9(2)12-14(18)16-11-8-6-5-7-10(11)13(17-12)15(19)20-3/h5-9,12-13,17H,4H2,1-3H3,(H,16,18)/t9-,12-,13?/m0/s1. The fourth-order valence-electron chi connectivity index (χ4n) is 2.39. The Hall–Kier alpha value is -1.88. The van der Waals surface area contributed by atoms with Crippen molar-refractivity contribution in [3.05, 3.63) is 29.8 Å². The molecule has 1 aliphatic heterocycles. The van der Waals surface area contributed by atoms with Crippen molar-refractivity contribution < 1.29 is 14.3 Å². The largest absolute Gasteiger partial charge is 0.468 e. The molecule has 0 saturated heterocycles. The average molecular weight is 276 g/mol. The molecular formula is C15H20N2O3. The number of fused-ring (bicyclic) bond motifs is 1. The first-order valence-electron chi connectivity index (χ1n) is 6.82. The lowest BCUT2D eigenvalue weighted by Gasteiger charge is -2.24. The van der Waals surface area contributed by atoms with E-state index in [1.807, 2.05) is 32.0 Å². The van der Waals surface area contributed by atoms with Crippen LogP contribution < -0.4 is 10.6 Å². The van der Waals surface area contributed by atoms with E-state index in [4.69, 9.17) is 4.74 Å². The summed E-state index contributed by atoms with van der Waals surface area (Å²) in [7, 11) is 1.35. The van der Waals surface area contributed by atoms with Crippen molar-refractivity contribution in [1.82, 2.24) is 5.32 Å². The van der Waals surface area contributed by atoms with Crippen LogP contribution in [0.4, 0.5) is 5.69 Å². The molecule has 0 aromatic heterocycles. The van der Waals surface area contributed by atoms with E-state index in [9.17, 15) is 9.59 Å². The van der Waals surface area contributed by atoms with E-state index < -0.39 is 12.1 Å². The molecular weight excluding hydrogens is 256 g/mol. The third-order valence-electron chi connectivity index (χ3n) is 3.81. The third kappa shape index (κ3) is 2.67. The smallest absolute Gasteiger partial charge is 0.327 e. The van der Waals surface area contributed by atoms with Gasteiger partial charge in [0.05, 0.1) is 13.2 Å². The molecule has 0 bridgehead atoms. The molecule has 3 atom stereocenters. The van der Waals surface area contributed by atoms with Crippen LogP contribution in [0, 0.1) is 5.92 Å². The molecule has 1 aromatic rings. The van der Waals surface area contributed by atoms with Gasteiger partial charge in [-0.3, -0.25) is 10.1 Å². The van der Waals surface area contributed by atoms with E-state index >= 15 is 0 Å². The number of methoxy groups -OCH3 is 1. The number of benzene rings is 1. The Labute approximate surface area is 118 Å². The summed E-state index contributed by atoms with van der Waals surface area (Å²) in [5, 5.41) is 6.02. The second-order valence-electron chi connectivity index (χ2n) is 5.06. The lowest BCUT2D eigenvalue weighted by molar-refractivity contribution is -0.143. The highest BCUT2D eigenvalue weighted by atomic mass is 16.5. The number of carbonyl (C=O) groups is 2. The Kier molecular flexibility index (Phi) is 4.39. The summed E-state index contributed by atoms with van der Waals surface area (Å²) in [5.41, 5.74) is 1.39. The Morgan fingerprint density at radius 3 is 2.75 bits per heavy atom. The number of amides is 1. The monoisotopic (exact) mass is 276 g/mol. The molecule has 5 nitrogen and oxygen atoms in total. The highest BCUT2D eigenvalue weighted by Gasteiger charge is 2.35. The van der Waals surface area contributed by atoms with Gasteiger partial charge in [-0.1, -0.05) is 38.5 Å². The number of anilines is 1. The van der Waals surface area contributed by atoms with Gasteiger partial charge in [0.15, 0.2) is 0 Å². The molecule has 0 spiro atoms. The Morgan fingerprint density at radius 2 is 2.10 bits per heavy atom. The van der Waals surface area contributed by atoms with Crippen LogP contribution in [-0.2, 0) is 14.3 Å². The van der Waals surface area contributed by atoms with Crippen molar-refractivity contribution in [3.63, 3.8) is 0 Å². The minimum absolute atomic E-state index is 0.113. The topological polar surface area (TPSA) is 67.4 Å². The zero-order chi connectivity index (χ0) is 14.7. The number of nitrogens with one attached hydrogen (secondary N) is 2. The van der Waals surface area contributed by atoms with Gasteiger partial charge < -0.3 is 10.1 Å². The average Bonchev–Trinajstić information content (AvgIpc) is 2.62. The maximum absolute atomic E-state index is 12.3. The number of para-hydroxylation sites is 1.